The van der Waals surface area contributed by atoms with Crippen molar-refractivity contribution in [2.75, 3.05) is 39.5 Å². The molecule has 2 rings (SSSR count). The molecule has 1 saturated heterocycles. The maximum Gasteiger partial charge on any atom is 0.313 e. The highest BCUT2D eigenvalue weighted by Crippen LogP contribution is 2.35. The van der Waals surface area contributed by atoms with Crippen LogP contribution in [0.1, 0.15) is 26.2 Å². The molecule has 0 bridgehead atoms. The summed E-state index contributed by atoms with van der Waals surface area (Å²) in [4.78, 5) is 14.7. The topological polar surface area (TPSA) is 59.0 Å². The molecule has 1 heterocycles. The number of nitrogens with zero attached hydrogens (tertiary/aromatic N) is 1. The lowest BCUT2D eigenvalue weighted by Gasteiger charge is -2.40. The van der Waals surface area contributed by atoms with Crippen molar-refractivity contribution in [3.05, 3.63) is 30.3 Å². The monoisotopic (exact) mass is 321 g/mol. The largest absolute Gasteiger partial charge is 0.494 e. The van der Waals surface area contributed by atoms with Crippen LogP contribution in [0.4, 0.5) is 0 Å². The summed E-state index contributed by atoms with van der Waals surface area (Å²) < 4.78 is 11.1. The zero-order valence-corrected chi connectivity index (χ0v) is 13.9. The number of β-amino-alcohol motifs (C(OH)–C–C–N with tert-alkyl or cyclic N) is 1. The maximum absolute atomic E-state index is 12.5. The van der Waals surface area contributed by atoms with Gasteiger partial charge in [0.05, 0.1) is 25.2 Å². The van der Waals surface area contributed by atoms with Crippen molar-refractivity contribution in [1.29, 1.82) is 0 Å². The fraction of sp³-hybridized carbons (Fsp3) is 0.611. The fourth-order valence-electron chi connectivity index (χ4n) is 3.20. The molecule has 1 aromatic rings. The van der Waals surface area contributed by atoms with Crippen LogP contribution in [0.3, 0.4) is 0 Å². The van der Waals surface area contributed by atoms with Crippen LogP contribution < -0.4 is 4.74 Å². The first-order valence-electron chi connectivity index (χ1n) is 8.38. The molecule has 1 fully saturated rings. The Kier molecular flexibility index (Phi) is 6.86. The Morgan fingerprint density at radius 3 is 2.83 bits per heavy atom. The number of rotatable bonds is 8. The number of para-hydroxylation sites is 1. The molecule has 0 saturated carbocycles. The van der Waals surface area contributed by atoms with Gasteiger partial charge in [0.1, 0.15) is 5.75 Å². The number of hydrogen-bond donors (Lipinski definition) is 1. The highest BCUT2D eigenvalue weighted by atomic mass is 16.5. The van der Waals surface area contributed by atoms with E-state index in [4.69, 9.17) is 9.47 Å². The number of esters is 1. The second kappa shape index (κ2) is 8.89. The number of carbonyl (C=O) groups is 1. The Labute approximate surface area is 138 Å². The first kappa shape index (κ1) is 17.8. The van der Waals surface area contributed by atoms with E-state index >= 15 is 0 Å². The molecule has 23 heavy (non-hydrogen) atoms. The minimum atomic E-state index is -0.530. The molecule has 0 unspecified atom stereocenters. The van der Waals surface area contributed by atoms with Crippen molar-refractivity contribution >= 4 is 5.97 Å². The Morgan fingerprint density at radius 1 is 1.35 bits per heavy atom. The smallest absolute Gasteiger partial charge is 0.313 e. The number of hydrogen-bond acceptors (Lipinski definition) is 5. The van der Waals surface area contributed by atoms with Crippen LogP contribution in [0.15, 0.2) is 30.3 Å². The van der Waals surface area contributed by atoms with Crippen molar-refractivity contribution in [1.82, 2.24) is 4.90 Å². The molecule has 0 spiro atoms. The molecule has 0 aliphatic carbocycles. The number of ether oxygens (including phenoxy) is 2. The van der Waals surface area contributed by atoms with Crippen LogP contribution in [0, 0.1) is 5.41 Å². The summed E-state index contributed by atoms with van der Waals surface area (Å²) >= 11 is 0. The van der Waals surface area contributed by atoms with Gasteiger partial charge in [0, 0.05) is 13.1 Å². The summed E-state index contributed by atoms with van der Waals surface area (Å²) in [5.74, 6) is 0.675. The zero-order chi connectivity index (χ0) is 16.5. The van der Waals surface area contributed by atoms with Gasteiger partial charge in [-0.1, -0.05) is 18.2 Å². The van der Waals surface area contributed by atoms with E-state index in [1.807, 2.05) is 37.3 Å². The van der Waals surface area contributed by atoms with Crippen LogP contribution in [0.25, 0.3) is 0 Å². The number of carbonyl (C=O) groups excluding carboxylic acids is 1. The number of piperidine rings is 1. The minimum absolute atomic E-state index is 0.111. The van der Waals surface area contributed by atoms with Crippen molar-refractivity contribution in [3.8, 4) is 5.75 Å². The van der Waals surface area contributed by atoms with Gasteiger partial charge in [-0.05, 0) is 44.9 Å². The van der Waals surface area contributed by atoms with Gasteiger partial charge in [-0.15, -0.1) is 0 Å². The summed E-state index contributed by atoms with van der Waals surface area (Å²) in [6.07, 6.45) is 2.37. The molecule has 1 N–H and O–H groups in total. The van der Waals surface area contributed by atoms with E-state index in [1.165, 1.54) is 0 Å². The van der Waals surface area contributed by atoms with Gasteiger partial charge in [-0.25, -0.2) is 0 Å². The van der Waals surface area contributed by atoms with E-state index in [2.05, 4.69) is 4.90 Å². The van der Waals surface area contributed by atoms with Gasteiger partial charge >= 0.3 is 5.97 Å². The molecule has 5 nitrogen and oxygen atoms in total. The van der Waals surface area contributed by atoms with Crippen molar-refractivity contribution in [2.45, 2.75) is 26.2 Å². The predicted molar refractivity (Wildman–Crippen MR) is 88.4 cm³/mol. The standard InChI is InChI=1S/C18H27NO4/c1-2-22-17(21)18(9-6-11-19(15-18)12-13-20)10-14-23-16-7-4-3-5-8-16/h3-5,7-8,20H,2,6,9-15H2,1H3/t18-/m1/s1. The normalized spacial score (nSPS) is 21.8. The molecule has 5 heteroatoms. The third kappa shape index (κ3) is 4.94. The van der Waals surface area contributed by atoms with E-state index < -0.39 is 5.41 Å². The predicted octanol–water partition coefficient (Wildman–Crippen LogP) is 2.09. The molecule has 0 radical (unpaired) electrons. The lowest BCUT2D eigenvalue weighted by Crippen LogP contribution is -2.50. The Balaban J connectivity index is 2.00. The zero-order valence-electron chi connectivity index (χ0n) is 13.9. The summed E-state index contributed by atoms with van der Waals surface area (Å²) in [5, 5.41) is 9.17. The minimum Gasteiger partial charge on any atom is -0.494 e. The molecular formula is C18H27NO4. The molecule has 1 aliphatic heterocycles. The first-order valence-corrected chi connectivity index (χ1v) is 8.38. The quantitative estimate of drug-likeness (QED) is 0.743. The Morgan fingerprint density at radius 2 is 2.13 bits per heavy atom. The van der Waals surface area contributed by atoms with Gasteiger partial charge < -0.3 is 14.6 Å². The summed E-state index contributed by atoms with van der Waals surface area (Å²) in [7, 11) is 0. The number of likely N-dealkylation sites (tertiary alicyclic amines) is 1. The summed E-state index contributed by atoms with van der Waals surface area (Å²) in [6.45, 7) is 4.96. The van der Waals surface area contributed by atoms with E-state index in [0.29, 0.717) is 32.7 Å². The Bertz CT molecular complexity index is 477. The fourth-order valence-corrected chi connectivity index (χ4v) is 3.20. The van der Waals surface area contributed by atoms with E-state index in [1.54, 1.807) is 0 Å². The van der Waals surface area contributed by atoms with Gasteiger partial charge in [-0.3, -0.25) is 9.69 Å². The van der Waals surface area contributed by atoms with Crippen LogP contribution in [0.5, 0.6) is 5.75 Å². The average molecular weight is 321 g/mol. The lowest BCUT2D eigenvalue weighted by atomic mass is 9.77. The van der Waals surface area contributed by atoms with Crippen LogP contribution in [-0.2, 0) is 9.53 Å². The number of benzene rings is 1. The molecular weight excluding hydrogens is 294 g/mol. The SMILES string of the molecule is CCOC(=O)[C@@]1(CCOc2ccccc2)CCCN(CCO)C1. The van der Waals surface area contributed by atoms with Crippen molar-refractivity contribution < 1.29 is 19.4 Å². The summed E-state index contributed by atoms with van der Waals surface area (Å²) in [6, 6.07) is 9.63. The van der Waals surface area contributed by atoms with E-state index in [-0.39, 0.29) is 12.6 Å². The molecule has 1 aliphatic rings. The average Bonchev–Trinajstić information content (AvgIpc) is 2.57. The molecule has 1 atom stereocenters. The van der Waals surface area contributed by atoms with Crippen LogP contribution in [-0.4, -0.2) is 55.4 Å². The Hall–Kier alpha value is -1.59. The van der Waals surface area contributed by atoms with Gasteiger partial charge in [0.15, 0.2) is 0 Å². The van der Waals surface area contributed by atoms with E-state index in [9.17, 15) is 9.90 Å². The van der Waals surface area contributed by atoms with Crippen LogP contribution in [0.2, 0.25) is 0 Å². The third-order valence-corrected chi connectivity index (χ3v) is 4.37. The molecule has 1 aromatic carbocycles. The third-order valence-electron chi connectivity index (χ3n) is 4.37. The second-order valence-electron chi connectivity index (χ2n) is 6.02. The van der Waals surface area contributed by atoms with Crippen molar-refractivity contribution in [3.63, 3.8) is 0 Å². The summed E-state index contributed by atoms with van der Waals surface area (Å²) in [5.41, 5.74) is -0.530. The highest BCUT2D eigenvalue weighted by Gasteiger charge is 2.43. The van der Waals surface area contributed by atoms with E-state index in [0.717, 1.165) is 25.1 Å². The van der Waals surface area contributed by atoms with Gasteiger partial charge in [0.25, 0.3) is 0 Å². The van der Waals surface area contributed by atoms with Gasteiger partial charge in [-0.2, -0.15) is 0 Å². The lowest BCUT2D eigenvalue weighted by molar-refractivity contribution is -0.160. The first-order chi connectivity index (χ1) is 11.2. The maximum atomic E-state index is 12.5. The number of aliphatic hydroxyl groups is 1. The van der Waals surface area contributed by atoms with Crippen LogP contribution >= 0.6 is 0 Å². The second-order valence-corrected chi connectivity index (χ2v) is 6.02. The highest BCUT2D eigenvalue weighted by molar-refractivity contribution is 5.77. The van der Waals surface area contributed by atoms with Crippen molar-refractivity contribution in [2.24, 2.45) is 5.41 Å². The molecule has 128 valence electrons. The molecule has 0 aromatic heterocycles. The van der Waals surface area contributed by atoms with Gasteiger partial charge in [0.2, 0.25) is 0 Å². The molecule has 0 amide bonds. The number of aliphatic hydroxyl groups excluding tert-OH is 1.